The zero-order valence-corrected chi connectivity index (χ0v) is 9.33. The van der Waals surface area contributed by atoms with Gasteiger partial charge in [-0.05, 0) is 26.2 Å². The fourth-order valence-electron chi connectivity index (χ4n) is 3.29. The molecule has 0 aromatic heterocycles. The summed E-state index contributed by atoms with van der Waals surface area (Å²) in [5.74, 6) is 0.498. The van der Waals surface area contributed by atoms with Gasteiger partial charge in [-0.3, -0.25) is 9.69 Å². The lowest BCUT2D eigenvalue weighted by molar-refractivity contribution is -0.124. The second-order valence-electron chi connectivity index (χ2n) is 4.92. The number of fused-ring (bicyclic) bond motifs is 2. The molecule has 2 saturated heterocycles. The van der Waals surface area contributed by atoms with Gasteiger partial charge in [-0.25, -0.2) is 0 Å². The first-order valence-corrected chi connectivity index (χ1v) is 6.01. The fraction of sp³-hybridized carbons (Fsp3) is 0.917. The van der Waals surface area contributed by atoms with Crippen molar-refractivity contribution in [2.75, 3.05) is 0 Å². The molecule has 2 fully saturated rings. The van der Waals surface area contributed by atoms with Gasteiger partial charge in [0.1, 0.15) is 5.78 Å². The first-order chi connectivity index (χ1) is 6.72. The van der Waals surface area contributed by atoms with Gasteiger partial charge < -0.3 is 0 Å². The number of ketones is 1. The highest BCUT2D eigenvalue weighted by Crippen LogP contribution is 2.36. The molecule has 2 rings (SSSR count). The molecule has 2 heterocycles. The molecule has 2 bridgehead atoms. The van der Waals surface area contributed by atoms with Crippen LogP contribution >= 0.6 is 0 Å². The van der Waals surface area contributed by atoms with Crippen molar-refractivity contribution >= 4 is 5.78 Å². The average Bonchev–Trinajstić information content (AvgIpc) is 2.39. The monoisotopic (exact) mass is 195 g/mol. The summed E-state index contributed by atoms with van der Waals surface area (Å²) in [5, 5.41) is 0. The lowest BCUT2D eigenvalue weighted by Gasteiger charge is -2.38. The molecule has 2 heteroatoms. The molecule has 0 amide bonds. The number of nitrogens with zero attached hydrogens (tertiary/aromatic N) is 1. The largest absolute Gasteiger partial charge is 0.300 e. The molecule has 0 saturated carbocycles. The Morgan fingerprint density at radius 1 is 1.36 bits per heavy atom. The van der Waals surface area contributed by atoms with Crippen molar-refractivity contribution in [3.63, 3.8) is 0 Å². The van der Waals surface area contributed by atoms with Crippen molar-refractivity contribution in [1.29, 1.82) is 0 Å². The van der Waals surface area contributed by atoms with Crippen molar-refractivity contribution < 1.29 is 4.79 Å². The summed E-state index contributed by atoms with van der Waals surface area (Å²) in [6.45, 7) is 4.57. The van der Waals surface area contributed by atoms with E-state index < -0.39 is 0 Å². The second-order valence-corrected chi connectivity index (χ2v) is 4.92. The van der Waals surface area contributed by atoms with Crippen LogP contribution in [0.5, 0.6) is 0 Å². The SMILES string of the molecule is CCCC(C)N1C2CCC1CC(=O)C2. The molecule has 0 spiro atoms. The Labute approximate surface area is 86.7 Å². The van der Waals surface area contributed by atoms with Crippen LogP contribution in [-0.4, -0.2) is 28.8 Å². The zero-order chi connectivity index (χ0) is 10.1. The van der Waals surface area contributed by atoms with Crippen molar-refractivity contribution in [3.8, 4) is 0 Å². The van der Waals surface area contributed by atoms with Crippen LogP contribution in [0.4, 0.5) is 0 Å². The molecule has 0 aromatic rings. The van der Waals surface area contributed by atoms with Gasteiger partial charge in [-0.2, -0.15) is 0 Å². The van der Waals surface area contributed by atoms with Crippen LogP contribution in [0.3, 0.4) is 0 Å². The molecule has 2 nitrogen and oxygen atoms in total. The van der Waals surface area contributed by atoms with Gasteiger partial charge in [-0.15, -0.1) is 0 Å². The zero-order valence-electron chi connectivity index (χ0n) is 9.33. The van der Waals surface area contributed by atoms with E-state index in [9.17, 15) is 4.79 Å². The van der Waals surface area contributed by atoms with Gasteiger partial charge in [0.2, 0.25) is 0 Å². The normalized spacial score (nSPS) is 34.9. The molecular weight excluding hydrogens is 174 g/mol. The lowest BCUT2D eigenvalue weighted by atomic mass is 9.98. The van der Waals surface area contributed by atoms with Crippen LogP contribution < -0.4 is 0 Å². The molecule has 80 valence electrons. The average molecular weight is 195 g/mol. The van der Waals surface area contributed by atoms with Crippen molar-refractivity contribution in [2.45, 2.75) is 70.5 Å². The number of Topliss-reactive ketones (excluding diaryl/α,β-unsaturated/α-hetero) is 1. The number of rotatable bonds is 3. The Balaban J connectivity index is 2.03. The van der Waals surface area contributed by atoms with Crippen LogP contribution in [0.15, 0.2) is 0 Å². The minimum absolute atomic E-state index is 0.498. The Morgan fingerprint density at radius 2 is 1.93 bits per heavy atom. The van der Waals surface area contributed by atoms with E-state index in [1.165, 1.54) is 25.7 Å². The lowest BCUT2D eigenvalue weighted by Crippen LogP contribution is -2.47. The topological polar surface area (TPSA) is 20.3 Å². The highest BCUT2D eigenvalue weighted by atomic mass is 16.1. The minimum Gasteiger partial charge on any atom is -0.300 e. The smallest absolute Gasteiger partial charge is 0.136 e. The van der Waals surface area contributed by atoms with E-state index in [-0.39, 0.29) is 0 Å². The minimum atomic E-state index is 0.498. The van der Waals surface area contributed by atoms with E-state index in [0.717, 1.165) is 12.8 Å². The Morgan fingerprint density at radius 3 is 2.43 bits per heavy atom. The van der Waals surface area contributed by atoms with E-state index in [4.69, 9.17) is 0 Å². The first-order valence-electron chi connectivity index (χ1n) is 6.01. The second kappa shape index (κ2) is 4.01. The summed E-state index contributed by atoms with van der Waals surface area (Å²) in [6.07, 6.45) is 6.69. The van der Waals surface area contributed by atoms with Gasteiger partial charge in [-0.1, -0.05) is 13.3 Å². The molecule has 14 heavy (non-hydrogen) atoms. The summed E-state index contributed by atoms with van der Waals surface area (Å²) in [5.41, 5.74) is 0. The maximum absolute atomic E-state index is 11.4. The van der Waals surface area contributed by atoms with Crippen LogP contribution in [0.25, 0.3) is 0 Å². The number of hydrogen-bond acceptors (Lipinski definition) is 2. The van der Waals surface area contributed by atoms with Gasteiger partial charge in [0.05, 0.1) is 0 Å². The third-order valence-corrected chi connectivity index (χ3v) is 3.82. The standard InChI is InChI=1S/C12H21NO/c1-3-4-9(2)13-10-5-6-11(13)8-12(14)7-10/h9-11H,3-8H2,1-2H3. The van der Waals surface area contributed by atoms with Crippen LogP contribution in [0.1, 0.15) is 52.4 Å². The Hall–Kier alpha value is -0.370. The van der Waals surface area contributed by atoms with E-state index in [2.05, 4.69) is 18.7 Å². The summed E-state index contributed by atoms with van der Waals surface area (Å²) >= 11 is 0. The molecule has 0 aliphatic carbocycles. The summed E-state index contributed by atoms with van der Waals surface area (Å²) < 4.78 is 0. The van der Waals surface area contributed by atoms with Crippen LogP contribution in [0, 0.1) is 0 Å². The van der Waals surface area contributed by atoms with Crippen LogP contribution in [-0.2, 0) is 4.79 Å². The molecular formula is C12H21NO. The highest BCUT2D eigenvalue weighted by molar-refractivity contribution is 5.81. The van der Waals surface area contributed by atoms with E-state index in [1.54, 1.807) is 0 Å². The molecule has 3 unspecified atom stereocenters. The van der Waals surface area contributed by atoms with E-state index in [0.29, 0.717) is 23.9 Å². The quantitative estimate of drug-likeness (QED) is 0.689. The maximum atomic E-state index is 11.4. The Kier molecular flexibility index (Phi) is 2.91. The summed E-state index contributed by atoms with van der Waals surface area (Å²) in [4.78, 5) is 14.1. The van der Waals surface area contributed by atoms with Crippen LogP contribution in [0.2, 0.25) is 0 Å². The van der Waals surface area contributed by atoms with E-state index >= 15 is 0 Å². The van der Waals surface area contributed by atoms with Crippen molar-refractivity contribution in [3.05, 3.63) is 0 Å². The van der Waals surface area contributed by atoms with Crippen molar-refractivity contribution in [2.24, 2.45) is 0 Å². The number of piperidine rings is 1. The molecule has 0 radical (unpaired) electrons. The van der Waals surface area contributed by atoms with E-state index in [1.807, 2.05) is 0 Å². The van der Waals surface area contributed by atoms with Crippen molar-refractivity contribution in [1.82, 2.24) is 4.90 Å². The molecule has 2 aliphatic rings. The number of carbonyl (C=O) groups excluding carboxylic acids is 1. The molecule has 3 atom stereocenters. The van der Waals surface area contributed by atoms with Gasteiger partial charge >= 0.3 is 0 Å². The third-order valence-electron chi connectivity index (χ3n) is 3.82. The predicted octanol–water partition coefficient (Wildman–Crippen LogP) is 2.37. The molecule has 0 N–H and O–H groups in total. The maximum Gasteiger partial charge on any atom is 0.136 e. The molecule has 0 aromatic carbocycles. The fourth-order valence-corrected chi connectivity index (χ4v) is 3.29. The highest BCUT2D eigenvalue weighted by Gasteiger charge is 2.41. The predicted molar refractivity (Wildman–Crippen MR) is 57.3 cm³/mol. The Bertz CT molecular complexity index is 210. The van der Waals surface area contributed by atoms with Gasteiger partial charge in [0, 0.05) is 31.0 Å². The van der Waals surface area contributed by atoms with Gasteiger partial charge in [0.25, 0.3) is 0 Å². The summed E-state index contributed by atoms with van der Waals surface area (Å²) in [6, 6.07) is 1.86. The summed E-state index contributed by atoms with van der Waals surface area (Å²) in [7, 11) is 0. The number of hydrogen-bond donors (Lipinski definition) is 0. The number of carbonyl (C=O) groups is 1. The first kappa shape index (κ1) is 10.2. The molecule has 2 aliphatic heterocycles. The third kappa shape index (κ3) is 1.72. The van der Waals surface area contributed by atoms with Gasteiger partial charge in [0.15, 0.2) is 0 Å².